The SMILES string of the molecule is COc1ccc(C(=O)CCC(=O)NCC(N)c2ccc(C(C)C)cc2)cc1F. The minimum absolute atomic E-state index is 0.00404. The van der Waals surface area contributed by atoms with E-state index >= 15 is 0 Å². The number of ketones is 1. The molecule has 0 heterocycles. The van der Waals surface area contributed by atoms with Gasteiger partial charge in [0.05, 0.1) is 7.11 Å². The second-order valence-electron chi connectivity index (χ2n) is 7.00. The molecule has 0 radical (unpaired) electrons. The number of hydrogen-bond donors (Lipinski definition) is 2. The summed E-state index contributed by atoms with van der Waals surface area (Å²) < 4.78 is 18.5. The van der Waals surface area contributed by atoms with E-state index in [4.69, 9.17) is 10.5 Å². The highest BCUT2D eigenvalue weighted by molar-refractivity contribution is 5.98. The van der Waals surface area contributed by atoms with E-state index in [9.17, 15) is 14.0 Å². The zero-order chi connectivity index (χ0) is 20.7. The molecule has 2 aromatic rings. The van der Waals surface area contributed by atoms with Crippen LogP contribution in [0.15, 0.2) is 42.5 Å². The Kier molecular flexibility index (Phi) is 7.70. The Bertz CT molecular complexity index is 819. The maximum atomic E-state index is 13.7. The molecular weight excluding hydrogens is 359 g/mol. The van der Waals surface area contributed by atoms with Gasteiger partial charge in [-0.1, -0.05) is 38.1 Å². The Hall–Kier alpha value is -2.73. The fourth-order valence-corrected chi connectivity index (χ4v) is 2.77. The molecular formula is C22H27FN2O3. The van der Waals surface area contributed by atoms with Crippen molar-refractivity contribution < 1.29 is 18.7 Å². The first kappa shape index (κ1) is 21.6. The van der Waals surface area contributed by atoms with E-state index < -0.39 is 5.82 Å². The number of halogens is 1. The lowest BCUT2D eigenvalue weighted by Crippen LogP contribution is -2.32. The Morgan fingerprint density at radius 1 is 1.07 bits per heavy atom. The summed E-state index contributed by atoms with van der Waals surface area (Å²) in [5.74, 6) is -0.652. The molecule has 0 aromatic heterocycles. The van der Waals surface area contributed by atoms with Gasteiger partial charge in [0.1, 0.15) is 0 Å². The van der Waals surface area contributed by atoms with Crippen LogP contribution in [-0.2, 0) is 4.79 Å². The van der Waals surface area contributed by atoms with Crippen LogP contribution in [0.2, 0.25) is 0 Å². The lowest BCUT2D eigenvalue weighted by Gasteiger charge is -2.14. The monoisotopic (exact) mass is 386 g/mol. The van der Waals surface area contributed by atoms with Crippen LogP contribution in [0.1, 0.15) is 60.1 Å². The molecule has 6 heteroatoms. The van der Waals surface area contributed by atoms with Crippen molar-refractivity contribution in [3.05, 3.63) is 65.0 Å². The molecule has 2 aromatic carbocycles. The third-order valence-corrected chi connectivity index (χ3v) is 4.60. The molecule has 0 fully saturated rings. The van der Waals surface area contributed by atoms with Crippen LogP contribution in [-0.4, -0.2) is 25.3 Å². The molecule has 0 spiro atoms. The number of carbonyl (C=O) groups excluding carboxylic acids is 2. The Labute approximate surface area is 165 Å². The van der Waals surface area contributed by atoms with Gasteiger partial charge in [-0.25, -0.2) is 4.39 Å². The molecule has 5 nitrogen and oxygen atoms in total. The second kappa shape index (κ2) is 9.99. The fourth-order valence-electron chi connectivity index (χ4n) is 2.77. The number of carbonyl (C=O) groups is 2. The topological polar surface area (TPSA) is 81.4 Å². The first-order valence-corrected chi connectivity index (χ1v) is 9.30. The van der Waals surface area contributed by atoms with Crippen LogP contribution in [0.25, 0.3) is 0 Å². The summed E-state index contributed by atoms with van der Waals surface area (Å²) in [4.78, 5) is 24.1. The minimum atomic E-state index is -0.604. The molecule has 1 amide bonds. The lowest BCUT2D eigenvalue weighted by atomic mass is 9.99. The predicted octanol–water partition coefficient (Wildman–Crippen LogP) is 3.74. The van der Waals surface area contributed by atoms with Gasteiger partial charge in [-0.05, 0) is 35.2 Å². The van der Waals surface area contributed by atoms with E-state index in [1.165, 1.54) is 24.8 Å². The molecule has 28 heavy (non-hydrogen) atoms. The van der Waals surface area contributed by atoms with E-state index in [0.717, 1.165) is 11.6 Å². The number of hydrogen-bond acceptors (Lipinski definition) is 4. The van der Waals surface area contributed by atoms with Gasteiger partial charge >= 0.3 is 0 Å². The Morgan fingerprint density at radius 3 is 2.29 bits per heavy atom. The van der Waals surface area contributed by atoms with Gasteiger partial charge in [0.2, 0.25) is 5.91 Å². The van der Waals surface area contributed by atoms with Gasteiger partial charge in [-0.15, -0.1) is 0 Å². The fraction of sp³-hybridized carbons (Fsp3) is 0.364. The summed E-state index contributed by atoms with van der Waals surface area (Å²) in [5, 5.41) is 2.74. The summed E-state index contributed by atoms with van der Waals surface area (Å²) in [7, 11) is 1.35. The smallest absolute Gasteiger partial charge is 0.220 e. The largest absolute Gasteiger partial charge is 0.494 e. The summed E-state index contributed by atoms with van der Waals surface area (Å²) in [5.41, 5.74) is 8.51. The Morgan fingerprint density at radius 2 is 1.71 bits per heavy atom. The lowest BCUT2D eigenvalue weighted by molar-refractivity contribution is -0.121. The number of methoxy groups -OCH3 is 1. The highest BCUT2D eigenvalue weighted by Gasteiger charge is 2.13. The molecule has 0 aliphatic rings. The van der Waals surface area contributed by atoms with Gasteiger partial charge < -0.3 is 15.8 Å². The summed E-state index contributed by atoms with van der Waals surface area (Å²) in [6.45, 7) is 4.53. The van der Waals surface area contributed by atoms with Gasteiger partial charge in [-0.2, -0.15) is 0 Å². The van der Waals surface area contributed by atoms with Crippen molar-refractivity contribution in [2.75, 3.05) is 13.7 Å². The number of benzene rings is 2. The standard InChI is InChI=1S/C22H27FN2O3/c1-14(2)15-4-6-16(7-5-15)19(24)13-25-22(27)11-9-20(26)17-8-10-21(28-3)18(23)12-17/h4-8,10,12,14,19H,9,11,13,24H2,1-3H3,(H,25,27). The van der Waals surface area contributed by atoms with Crippen LogP contribution in [0.5, 0.6) is 5.75 Å². The second-order valence-corrected chi connectivity index (χ2v) is 7.00. The van der Waals surface area contributed by atoms with Crippen molar-refractivity contribution in [3.8, 4) is 5.75 Å². The highest BCUT2D eigenvalue weighted by Crippen LogP contribution is 2.19. The number of amides is 1. The molecule has 0 aliphatic carbocycles. The highest BCUT2D eigenvalue weighted by atomic mass is 19.1. The number of ether oxygens (including phenoxy) is 1. The van der Waals surface area contributed by atoms with E-state index in [2.05, 4.69) is 19.2 Å². The van der Waals surface area contributed by atoms with Crippen LogP contribution in [0.4, 0.5) is 4.39 Å². The van der Waals surface area contributed by atoms with Gasteiger partial charge in [0, 0.05) is 31.0 Å². The Balaban J connectivity index is 1.80. The molecule has 3 N–H and O–H groups in total. The molecule has 2 rings (SSSR count). The average Bonchev–Trinajstić information content (AvgIpc) is 2.70. The third-order valence-electron chi connectivity index (χ3n) is 4.60. The summed E-state index contributed by atoms with van der Waals surface area (Å²) in [6, 6.07) is 11.7. The maximum absolute atomic E-state index is 13.7. The quantitative estimate of drug-likeness (QED) is 0.644. The maximum Gasteiger partial charge on any atom is 0.220 e. The molecule has 0 aliphatic heterocycles. The molecule has 150 valence electrons. The van der Waals surface area contributed by atoms with Crippen LogP contribution in [0, 0.1) is 5.82 Å². The van der Waals surface area contributed by atoms with Crippen molar-refractivity contribution in [1.82, 2.24) is 5.32 Å². The van der Waals surface area contributed by atoms with Crippen molar-refractivity contribution in [2.45, 2.75) is 38.6 Å². The first-order valence-electron chi connectivity index (χ1n) is 9.30. The first-order chi connectivity index (χ1) is 13.3. The number of nitrogens with one attached hydrogen (secondary N) is 1. The third kappa shape index (κ3) is 5.89. The molecule has 1 unspecified atom stereocenters. The average molecular weight is 386 g/mol. The number of nitrogens with two attached hydrogens (primary N) is 1. The zero-order valence-electron chi connectivity index (χ0n) is 16.5. The van der Waals surface area contributed by atoms with E-state index in [0.29, 0.717) is 5.92 Å². The summed E-state index contributed by atoms with van der Waals surface area (Å²) >= 11 is 0. The molecule has 0 saturated heterocycles. The van der Waals surface area contributed by atoms with Crippen LogP contribution >= 0.6 is 0 Å². The molecule has 0 bridgehead atoms. The predicted molar refractivity (Wildman–Crippen MR) is 107 cm³/mol. The van der Waals surface area contributed by atoms with Crippen molar-refractivity contribution in [2.24, 2.45) is 5.73 Å². The van der Waals surface area contributed by atoms with Crippen LogP contribution < -0.4 is 15.8 Å². The van der Waals surface area contributed by atoms with E-state index in [-0.39, 0.29) is 48.4 Å². The normalized spacial score (nSPS) is 11.9. The number of rotatable bonds is 9. The van der Waals surface area contributed by atoms with E-state index in [1.54, 1.807) is 0 Å². The van der Waals surface area contributed by atoms with Gasteiger partial charge in [-0.3, -0.25) is 9.59 Å². The van der Waals surface area contributed by atoms with Crippen LogP contribution in [0.3, 0.4) is 0 Å². The minimum Gasteiger partial charge on any atom is -0.494 e. The van der Waals surface area contributed by atoms with Crippen molar-refractivity contribution in [1.29, 1.82) is 0 Å². The van der Waals surface area contributed by atoms with Crippen molar-refractivity contribution in [3.63, 3.8) is 0 Å². The summed E-state index contributed by atoms with van der Waals surface area (Å²) in [6.07, 6.45) is 0.0153. The van der Waals surface area contributed by atoms with Gasteiger partial charge in [0.15, 0.2) is 17.3 Å². The zero-order valence-corrected chi connectivity index (χ0v) is 16.5. The molecule has 1 atom stereocenters. The molecule has 0 saturated carbocycles. The van der Waals surface area contributed by atoms with E-state index in [1.807, 2.05) is 24.3 Å². The van der Waals surface area contributed by atoms with Crippen molar-refractivity contribution >= 4 is 11.7 Å². The number of Topliss-reactive ketones (excluding diaryl/α,β-unsaturated/α-hetero) is 1. The van der Waals surface area contributed by atoms with Gasteiger partial charge in [0.25, 0.3) is 0 Å².